The van der Waals surface area contributed by atoms with Crippen LogP contribution >= 0.6 is 0 Å². The molecule has 1 aromatic rings. The predicted octanol–water partition coefficient (Wildman–Crippen LogP) is 0.592. The lowest BCUT2D eigenvalue weighted by molar-refractivity contribution is -0.138. The Morgan fingerprint density at radius 3 is 2.65 bits per heavy atom. The first-order chi connectivity index (χ1) is 11.0. The average molecular weight is 340 g/mol. The zero-order valence-corrected chi connectivity index (χ0v) is 14.2. The topological polar surface area (TPSA) is 84.3 Å². The van der Waals surface area contributed by atoms with E-state index >= 15 is 0 Å². The maximum absolute atomic E-state index is 12.4. The number of sulfonamides is 1. The van der Waals surface area contributed by atoms with Crippen LogP contribution in [0.2, 0.25) is 0 Å². The molecule has 1 amide bonds. The third-order valence-corrected chi connectivity index (χ3v) is 6.60. The normalized spacial score (nSPS) is 21.3. The van der Waals surface area contributed by atoms with E-state index in [1.165, 1.54) is 0 Å². The molecule has 1 aliphatic heterocycles. The van der Waals surface area contributed by atoms with Crippen LogP contribution in [0.1, 0.15) is 32.6 Å². The fraction of sp³-hybridized carbons (Fsp3) is 0.733. The maximum atomic E-state index is 12.4. The summed E-state index contributed by atoms with van der Waals surface area (Å²) in [6.07, 6.45) is 7.59. The molecule has 1 unspecified atom stereocenters. The van der Waals surface area contributed by atoms with E-state index in [1.807, 2.05) is 6.92 Å². The molecule has 7 nitrogen and oxygen atoms in total. The van der Waals surface area contributed by atoms with Crippen LogP contribution < -0.4 is 4.72 Å². The molecule has 2 heterocycles. The van der Waals surface area contributed by atoms with Crippen molar-refractivity contribution in [2.24, 2.45) is 5.92 Å². The molecule has 1 N–H and O–H groups in total. The lowest BCUT2D eigenvalue weighted by Crippen LogP contribution is -2.61. The lowest BCUT2D eigenvalue weighted by Gasteiger charge is -2.40. The number of carbonyl (C=O) groups excluding carboxylic acids is 1. The zero-order valence-electron chi connectivity index (χ0n) is 13.4. The molecule has 2 fully saturated rings. The maximum Gasteiger partial charge on any atom is 0.225 e. The van der Waals surface area contributed by atoms with Crippen LogP contribution in [0.4, 0.5) is 0 Å². The molecule has 0 radical (unpaired) electrons. The van der Waals surface area contributed by atoms with Crippen LogP contribution in [0.15, 0.2) is 18.5 Å². The summed E-state index contributed by atoms with van der Waals surface area (Å²) >= 11 is 0. The Morgan fingerprint density at radius 2 is 2.04 bits per heavy atom. The number of hydrogen-bond acceptors (Lipinski definition) is 4. The van der Waals surface area contributed by atoms with Crippen molar-refractivity contribution >= 4 is 15.9 Å². The van der Waals surface area contributed by atoms with Gasteiger partial charge in [0.25, 0.3) is 0 Å². The Morgan fingerprint density at radius 1 is 1.35 bits per heavy atom. The van der Waals surface area contributed by atoms with Gasteiger partial charge >= 0.3 is 0 Å². The summed E-state index contributed by atoms with van der Waals surface area (Å²) in [6.45, 7) is 2.95. The fourth-order valence-corrected chi connectivity index (χ4v) is 4.93. The first kappa shape index (κ1) is 16.4. The van der Waals surface area contributed by atoms with E-state index in [0.29, 0.717) is 19.6 Å². The molecule has 1 saturated carbocycles. The molecule has 0 spiro atoms. The first-order valence-electron chi connectivity index (χ1n) is 8.23. The van der Waals surface area contributed by atoms with Gasteiger partial charge in [0.05, 0.1) is 6.54 Å². The molecule has 1 aliphatic carbocycles. The van der Waals surface area contributed by atoms with Crippen molar-refractivity contribution in [2.75, 3.05) is 13.1 Å². The number of amides is 1. The van der Waals surface area contributed by atoms with Crippen LogP contribution in [0.3, 0.4) is 0 Å². The van der Waals surface area contributed by atoms with Gasteiger partial charge in [0.2, 0.25) is 15.9 Å². The van der Waals surface area contributed by atoms with E-state index in [1.54, 1.807) is 28.0 Å². The lowest BCUT2D eigenvalue weighted by atomic mass is 10.0. The van der Waals surface area contributed by atoms with Crippen molar-refractivity contribution in [1.82, 2.24) is 19.4 Å². The van der Waals surface area contributed by atoms with Gasteiger partial charge in [-0.25, -0.2) is 13.1 Å². The Hall–Kier alpha value is -1.41. The van der Waals surface area contributed by atoms with Gasteiger partial charge in [-0.05, 0) is 25.8 Å². The van der Waals surface area contributed by atoms with E-state index in [2.05, 4.69) is 9.82 Å². The monoisotopic (exact) mass is 340 g/mol. The highest BCUT2D eigenvalue weighted by Crippen LogP contribution is 2.29. The number of carbonyl (C=O) groups is 1. The molecule has 0 aromatic carbocycles. The minimum Gasteiger partial charge on any atom is -0.340 e. The van der Waals surface area contributed by atoms with Crippen LogP contribution in [-0.2, 0) is 21.4 Å². The van der Waals surface area contributed by atoms with Crippen LogP contribution in [0.25, 0.3) is 0 Å². The molecule has 1 saturated heterocycles. The van der Waals surface area contributed by atoms with Gasteiger partial charge in [-0.15, -0.1) is 0 Å². The van der Waals surface area contributed by atoms with Crippen molar-refractivity contribution in [1.29, 1.82) is 0 Å². The van der Waals surface area contributed by atoms with E-state index in [-0.39, 0.29) is 17.9 Å². The summed E-state index contributed by atoms with van der Waals surface area (Å²) < 4.78 is 29.1. The molecule has 23 heavy (non-hydrogen) atoms. The van der Waals surface area contributed by atoms with E-state index < -0.39 is 15.3 Å². The van der Waals surface area contributed by atoms with Gasteiger partial charge in [0.1, 0.15) is 5.25 Å². The van der Waals surface area contributed by atoms with Crippen LogP contribution in [0.5, 0.6) is 0 Å². The number of hydrogen-bond donors (Lipinski definition) is 1. The van der Waals surface area contributed by atoms with Gasteiger partial charge in [-0.3, -0.25) is 9.48 Å². The smallest absolute Gasteiger partial charge is 0.225 e. The molecule has 1 aromatic heterocycles. The Labute approximate surface area is 137 Å². The van der Waals surface area contributed by atoms with Gasteiger partial charge in [-0.1, -0.05) is 12.8 Å². The van der Waals surface area contributed by atoms with Crippen molar-refractivity contribution in [3.8, 4) is 0 Å². The van der Waals surface area contributed by atoms with Crippen LogP contribution in [-0.4, -0.2) is 53.4 Å². The summed E-state index contributed by atoms with van der Waals surface area (Å²) in [5.74, 6) is 0.254. The number of nitrogens with one attached hydrogen (secondary N) is 1. The van der Waals surface area contributed by atoms with E-state index in [4.69, 9.17) is 0 Å². The Kier molecular flexibility index (Phi) is 4.72. The molecule has 8 heteroatoms. The minimum absolute atomic E-state index is 0.116. The number of aromatic nitrogens is 2. The molecular formula is C15H24N4O3S. The molecule has 2 aliphatic rings. The quantitative estimate of drug-likeness (QED) is 0.821. The van der Waals surface area contributed by atoms with Crippen molar-refractivity contribution < 1.29 is 13.2 Å². The van der Waals surface area contributed by atoms with Gasteiger partial charge < -0.3 is 4.90 Å². The SMILES string of the molecule is CC(Cn1cccn1)NS(=O)(=O)C1CN(C(=O)C2CCCC2)C1. The molecule has 3 rings (SSSR count). The fourth-order valence-electron chi connectivity index (χ4n) is 3.35. The molecule has 0 bridgehead atoms. The largest absolute Gasteiger partial charge is 0.340 e. The van der Waals surface area contributed by atoms with Crippen molar-refractivity contribution in [2.45, 2.75) is 50.4 Å². The highest BCUT2D eigenvalue weighted by molar-refractivity contribution is 7.90. The zero-order chi connectivity index (χ0) is 16.4. The van der Waals surface area contributed by atoms with Gasteiger partial charge in [-0.2, -0.15) is 5.10 Å². The summed E-state index contributed by atoms with van der Waals surface area (Å²) in [7, 11) is -3.40. The van der Waals surface area contributed by atoms with Gasteiger partial charge in [0, 0.05) is 37.4 Å². The molecular weight excluding hydrogens is 316 g/mol. The second-order valence-electron chi connectivity index (χ2n) is 6.64. The number of rotatable bonds is 6. The van der Waals surface area contributed by atoms with Crippen molar-refractivity contribution in [3.63, 3.8) is 0 Å². The summed E-state index contributed by atoms with van der Waals surface area (Å²) in [5, 5.41) is 3.58. The number of nitrogens with zero attached hydrogens (tertiary/aromatic N) is 3. The minimum atomic E-state index is -3.40. The third kappa shape index (κ3) is 3.74. The average Bonchev–Trinajstić information content (AvgIpc) is 3.07. The standard InChI is InChI=1S/C15H24N4O3S/c1-12(9-19-8-4-7-16-19)17-23(21,22)14-10-18(11-14)15(20)13-5-2-3-6-13/h4,7-8,12-14,17H,2-3,5-6,9-11H2,1H3. The Balaban J connectivity index is 1.48. The summed E-state index contributed by atoms with van der Waals surface area (Å²) in [5.41, 5.74) is 0. The molecule has 128 valence electrons. The summed E-state index contributed by atoms with van der Waals surface area (Å²) in [6, 6.07) is 1.57. The second kappa shape index (κ2) is 6.60. The Bertz CT molecular complexity index is 632. The van der Waals surface area contributed by atoms with Crippen molar-refractivity contribution in [3.05, 3.63) is 18.5 Å². The summed E-state index contributed by atoms with van der Waals surface area (Å²) in [4.78, 5) is 13.9. The van der Waals surface area contributed by atoms with E-state index in [0.717, 1.165) is 25.7 Å². The first-order valence-corrected chi connectivity index (χ1v) is 9.77. The number of likely N-dealkylation sites (tertiary alicyclic amines) is 1. The van der Waals surface area contributed by atoms with E-state index in [9.17, 15) is 13.2 Å². The predicted molar refractivity (Wildman–Crippen MR) is 86.1 cm³/mol. The highest BCUT2D eigenvalue weighted by atomic mass is 32.2. The molecule has 1 atom stereocenters. The highest BCUT2D eigenvalue weighted by Gasteiger charge is 2.42. The van der Waals surface area contributed by atoms with Crippen LogP contribution in [0, 0.1) is 5.92 Å². The van der Waals surface area contributed by atoms with Gasteiger partial charge in [0.15, 0.2) is 0 Å². The third-order valence-electron chi connectivity index (χ3n) is 4.69. The second-order valence-corrected chi connectivity index (χ2v) is 8.63.